The lowest BCUT2D eigenvalue weighted by Gasteiger charge is -2.24. The van der Waals surface area contributed by atoms with Gasteiger partial charge in [-0.05, 0) is 42.5 Å². The molecule has 1 saturated carbocycles. The van der Waals surface area contributed by atoms with E-state index in [-0.39, 0.29) is 0 Å². The normalized spacial score (nSPS) is 15.1. The molecule has 0 bridgehead atoms. The van der Waals surface area contributed by atoms with Crippen LogP contribution in [0.2, 0.25) is 0 Å². The second kappa shape index (κ2) is 4.64. The van der Waals surface area contributed by atoms with Crippen molar-refractivity contribution >= 4 is 17.3 Å². The number of rotatable bonds is 3. The fourth-order valence-electron chi connectivity index (χ4n) is 2.10. The minimum absolute atomic E-state index is 0.615. The molecule has 0 unspecified atom stereocenters. The van der Waals surface area contributed by atoms with Crippen molar-refractivity contribution in [1.29, 1.82) is 0 Å². The fourth-order valence-corrected chi connectivity index (χ4v) is 2.10. The summed E-state index contributed by atoms with van der Waals surface area (Å²) in [5, 5.41) is 3.14. The molecule has 1 aromatic carbocycles. The summed E-state index contributed by atoms with van der Waals surface area (Å²) >= 11 is 0. The maximum atomic E-state index is 5.72. The lowest BCUT2D eigenvalue weighted by molar-refractivity contribution is 0.418. The Kier molecular flexibility index (Phi) is 2.84. The largest absolute Gasteiger partial charge is 0.399 e. The van der Waals surface area contributed by atoms with Gasteiger partial charge >= 0.3 is 0 Å². The molecule has 0 saturated heterocycles. The lowest BCUT2D eigenvalue weighted by Crippen LogP contribution is -2.10. The minimum atomic E-state index is 0.615. The summed E-state index contributed by atoms with van der Waals surface area (Å²) in [6.45, 7) is 0. The summed E-state index contributed by atoms with van der Waals surface area (Å²) in [6.07, 6.45) is 7.71. The first-order chi connectivity index (χ1) is 8.81. The van der Waals surface area contributed by atoms with Crippen molar-refractivity contribution in [3.8, 4) is 0 Å². The zero-order valence-corrected chi connectivity index (χ0v) is 10.1. The number of nitrogen functional groups attached to an aromatic ring is 1. The molecule has 0 atom stereocenters. The van der Waals surface area contributed by atoms with Crippen LogP contribution in [0, 0.1) is 0 Å². The molecular formula is C14H16N4. The van der Waals surface area contributed by atoms with Crippen LogP contribution in [0.15, 0.2) is 36.7 Å². The summed E-state index contributed by atoms with van der Waals surface area (Å²) in [6, 6.07) is 7.56. The molecule has 0 amide bonds. The Morgan fingerprint density at radius 1 is 1.17 bits per heavy atom. The van der Waals surface area contributed by atoms with E-state index in [1.54, 1.807) is 0 Å². The summed E-state index contributed by atoms with van der Waals surface area (Å²) < 4.78 is 0. The minimum Gasteiger partial charge on any atom is -0.399 e. The molecular weight excluding hydrogens is 224 g/mol. The number of hydrogen-bond acceptors (Lipinski definition) is 4. The van der Waals surface area contributed by atoms with E-state index in [9.17, 15) is 0 Å². The number of nitrogens with two attached hydrogens (primary N) is 1. The van der Waals surface area contributed by atoms with Gasteiger partial charge in [-0.15, -0.1) is 0 Å². The first-order valence-corrected chi connectivity index (χ1v) is 6.26. The fraction of sp³-hybridized carbons (Fsp3) is 0.286. The van der Waals surface area contributed by atoms with Crippen LogP contribution in [0.1, 0.15) is 30.7 Å². The average Bonchev–Trinajstić information content (AvgIpc) is 2.29. The van der Waals surface area contributed by atoms with Crippen LogP contribution >= 0.6 is 0 Å². The van der Waals surface area contributed by atoms with Crippen molar-refractivity contribution in [2.75, 3.05) is 11.1 Å². The Morgan fingerprint density at radius 3 is 2.56 bits per heavy atom. The van der Waals surface area contributed by atoms with Gasteiger partial charge in [0.05, 0.1) is 0 Å². The van der Waals surface area contributed by atoms with Crippen LogP contribution in [0.25, 0.3) is 0 Å². The summed E-state index contributed by atoms with van der Waals surface area (Å²) in [4.78, 5) is 8.69. The molecule has 2 aromatic rings. The van der Waals surface area contributed by atoms with E-state index in [4.69, 9.17) is 5.73 Å². The Morgan fingerprint density at radius 2 is 1.94 bits per heavy atom. The second-order valence-corrected chi connectivity index (χ2v) is 4.72. The molecule has 3 rings (SSSR count). The smallest absolute Gasteiger partial charge is 0.227 e. The molecule has 92 valence electrons. The molecule has 1 aromatic heterocycles. The molecule has 3 N–H and O–H groups in total. The van der Waals surface area contributed by atoms with Gasteiger partial charge in [0.1, 0.15) is 0 Å². The number of nitrogens with one attached hydrogen (secondary N) is 1. The molecule has 0 radical (unpaired) electrons. The number of aromatic nitrogens is 2. The standard InChI is InChI=1S/C14H16N4/c15-12-5-2-6-13(7-12)18-14-16-8-11(9-17-14)10-3-1-4-10/h2,5-10H,1,3-4,15H2,(H,16,17,18). The summed E-state index contributed by atoms with van der Waals surface area (Å²) in [5.74, 6) is 1.29. The SMILES string of the molecule is Nc1cccc(Nc2ncc(C3CCC3)cn2)c1. The van der Waals surface area contributed by atoms with Crippen LogP contribution in [-0.2, 0) is 0 Å². The average molecular weight is 240 g/mol. The second-order valence-electron chi connectivity index (χ2n) is 4.72. The van der Waals surface area contributed by atoms with E-state index in [1.807, 2.05) is 36.7 Å². The number of anilines is 3. The van der Waals surface area contributed by atoms with Gasteiger partial charge in [0, 0.05) is 23.8 Å². The molecule has 4 nitrogen and oxygen atoms in total. The van der Waals surface area contributed by atoms with E-state index < -0.39 is 0 Å². The maximum absolute atomic E-state index is 5.72. The maximum Gasteiger partial charge on any atom is 0.227 e. The zero-order valence-electron chi connectivity index (χ0n) is 10.1. The zero-order chi connectivity index (χ0) is 12.4. The van der Waals surface area contributed by atoms with Gasteiger partial charge in [-0.2, -0.15) is 0 Å². The van der Waals surface area contributed by atoms with Crippen molar-refractivity contribution in [3.05, 3.63) is 42.2 Å². The monoisotopic (exact) mass is 240 g/mol. The van der Waals surface area contributed by atoms with E-state index in [0.717, 1.165) is 11.4 Å². The Balaban J connectivity index is 1.72. The van der Waals surface area contributed by atoms with Gasteiger partial charge in [0.15, 0.2) is 0 Å². The Labute approximate surface area is 106 Å². The first kappa shape index (κ1) is 11.0. The highest BCUT2D eigenvalue weighted by Gasteiger charge is 2.19. The molecule has 0 spiro atoms. The van der Waals surface area contributed by atoms with Gasteiger partial charge in [-0.3, -0.25) is 0 Å². The van der Waals surface area contributed by atoms with Crippen molar-refractivity contribution < 1.29 is 0 Å². The Bertz CT molecular complexity index is 532. The highest BCUT2D eigenvalue weighted by atomic mass is 15.1. The van der Waals surface area contributed by atoms with E-state index in [0.29, 0.717) is 11.9 Å². The van der Waals surface area contributed by atoms with Gasteiger partial charge in [-0.1, -0.05) is 12.5 Å². The number of hydrogen-bond donors (Lipinski definition) is 2. The predicted molar refractivity (Wildman–Crippen MR) is 72.8 cm³/mol. The van der Waals surface area contributed by atoms with E-state index in [1.165, 1.54) is 24.8 Å². The number of nitrogens with zero attached hydrogens (tertiary/aromatic N) is 2. The molecule has 1 aliphatic rings. The van der Waals surface area contributed by atoms with E-state index in [2.05, 4.69) is 15.3 Å². The molecule has 1 aliphatic carbocycles. The summed E-state index contributed by atoms with van der Waals surface area (Å²) in [7, 11) is 0. The highest BCUT2D eigenvalue weighted by molar-refractivity contribution is 5.59. The topological polar surface area (TPSA) is 63.8 Å². The van der Waals surface area contributed by atoms with Gasteiger partial charge in [0.2, 0.25) is 5.95 Å². The highest BCUT2D eigenvalue weighted by Crippen LogP contribution is 2.35. The van der Waals surface area contributed by atoms with Crippen LogP contribution in [-0.4, -0.2) is 9.97 Å². The van der Waals surface area contributed by atoms with Crippen molar-refractivity contribution in [2.45, 2.75) is 25.2 Å². The molecule has 1 fully saturated rings. The van der Waals surface area contributed by atoms with Crippen LogP contribution in [0.5, 0.6) is 0 Å². The molecule has 4 heteroatoms. The van der Waals surface area contributed by atoms with Crippen LogP contribution in [0.4, 0.5) is 17.3 Å². The number of benzene rings is 1. The quantitative estimate of drug-likeness (QED) is 0.809. The van der Waals surface area contributed by atoms with Gasteiger partial charge < -0.3 is 11.1 Å². The third-order valence-electron chi connectivity index (χ3n) is 3.39. The van der Waals surface area contributed by atoms with Crippen LogP contribution < -0.4 is 11.1 Å². The van der Waals surface area contributed by atoms with Crippen LogP contribution in [0.3, 0.4) is 0 Å². The molecule has 1 heterocycles. The van der Waals surface area contributed by atoms with E-state index >= 15 is 0 Å². The Hall–Kier alpha value is -2.10. The van der Waals surface area contributed by atoms with Crippen molar-refractivity contribution in [3.63, 3.8) is 0 Å². The third kappa shape index (κ3) is 2.27. The van der Waals surface area contributed by atoms with Crippen molar-refractivity contribution in [1.82, 2.24) is 9.97 Å². The third-order valence-corrected chi connectivity index (χ3v) is 3.39. The van der Waals surface area contributed by atoms with Gasteiger partial charge in [0.25, 0.3) is 0 Å². The van der Waals surface area contributed by atoms with Crippen molar-refractivity contribution in [2.24, 2.45) is 0 Å². The lowest BCUT2D eigenvalue weighted by atomic mass is 9.81. The van der Waals surface area contributed by atoms with Gasteiger partial charge in [-0.25, -0.2) is 9.97 Å². The predicted octanol–water partition coefficient (Wildman–Crippen LogP) is 3.07. The first-order valence-electron chi connectivity index (χ1n) is 6.26. The molecule has 0 aliphatic heterocycles. The summed E-state index contributed by atoms with van der Waals surface area (Å²) in [5.41, 5.74) is 8.61. The molecule has 18 heavy (non-hydrogen) atoms.